The van der Waals surface area contributed by atoms with Crippen LogP contribution in [-0.2, 0) is 14.8 Å². The predicted molar refractivity (Wildman–Crippen MR) is 125 cm³/mol. The van der Waals surface area contributed by atoms with Crippen LogP contribution in [0.3, 0.4) is 0 Å². The molecule has 0 unspecified atom stereocenters. The zero-order valence-electron chi connectivity index (χ0n) is 18.5. The van der Waals surface area contributed by atoms with E-state index in [2.05, 4.69) is 33.9 Å². The summed E-state index contributed by atoms with van der Waals surface area (Å²) in [5, 5.41) is 2.98. The zero-order valence-corrected chi connectivity index (χ0v) is 19.3. The summed E-state index contributed by atoms with van der Waals surface area (Å²) in [6.45, 7) is 4.80. The third kappa shape index (κ3) is 5.19. The molecular formula is C24H30N4O3S. The summed E-state index contributed by atoms with van der Waals surface area (Å²) in [7, 11) is -3.67. The van der Waals surface area contributed by atoms with Gasteiger partial charge in [-0.2, -0.15) is 0 Å². The van der Waals surface area contributed by atoms with Crippen LogP contribution < -0.4 is 10.0 Å². The number of rotatable bonds is 7. The van der Waals surface area contributed by atoms with Crippen molar-refractivity contribution in [3.05, 3.63) is 48.5 Å². The van der Waals surface area contributed by atoms with Crippen LogP contribution in [0.4, 0.5) is 0 Å². The van der Waals surface area contributed by atoms with Gasteiger partial charge in [0.2, 0.25) is 15.9 Å². The summed E-state index contributed by atoms with van der Waals surface area (Å²) in [4.78, 5) is 20.3. The number of sulfonamides is 1. The topological polar surface area (TPSA) is 104 Å². The van der Waals surface area contributed by atoms with E-state index >= 15 is 0 Å². The molecule has 1 heterocycles. The lowest BCUT2D eigenvalue weighted by atomic mass is 9.86. The largest absolute Gasteiger partial charge is 0.356 e. The Kier molecular flexibility index (Phi) is 6.62. The van der Waals surface area contributed by atoms with Crippen LogP contribution in [0.25, 0.3) is 22.4 Å². The Hall–Kier alpha value is -2.71. The number of fused-ring (bicyclic) bond motifs is 1. The average Bonchev–Trinajstić information content (AvgIpc) is 3.22. The van der Waals surface area contributed by atoms with Crippen LogP contribution >= 0.6 is 0 Å². The van der Waals surface area contributed by atoms with Gasteiger partial charge in [0, 0.05) is 24.1 Å². The average molecular weight is 455 g/mol. The molecule has 1 aliphatic rings. The summed E-state index contributed by atoms with van der Waals surface area (Å²) in [5.74, 6) is 1.17. The Morgan fingerprint density at radius 3 is 2.50 bits per heavy atom. The number of aromatic nitrogens is 2. The van der Waals surface area contributed by atoms with Crippen molar-refractivity contribution in [1.82, 2.24) is 20.0 Å². The summed E-state index contributed by atoms with van der Waals surface area (Å²) in [5.41, 5.74) is 2.34. The monoisotopic (exact) mass is 454 g/mol. The maximum atomic E-state index is 13.0. The Morgan fingerprint density at radius 1 is 1.09 bits per heavy atom. The molecule has 7 nitrogen and oxygen atoms in total. The summed E-state index contributed by atoms with van der Waals surface area (Å²) < 4.78 is 28.8. The molecule has 170 valence electrons. The molecule has 32 heavy (non-hydrogen) atoms. The molecule has 1 saturated carbocycles. The lowest BCUT2D eigenvalue weighted by Gasteiger charge is -2.28. The minimum Gasteiger partial charge on any atom is -0.356 e. The van der Waals surface area contributed by atoms with E-state index in [1.165, 1.54) is 0 Å². The first-order chi connectivity index (χ1) is 15.3. The van der Waals surface area contributed by atoms with E-state index < -0.39 is 10.0 Å². The van der Waals surface area contributed by atoms with E-state index in [1.807, 2.05) is 30.3 Å². The van der Waals surface area contributed by atoms with Crippen molar-refractivity contribution in [2.75, 3.05) is 6.54 Å². The minimum atomic E-state index is -3.67. The van der Waals surface area contributed by atoms with Crippen molar-refractivity contribution in [3.63, 3.8) is 0 Å². The molecule has 4 rings (SSSR count). The van der Waals surface area contributed by atoms with E-state index in [1.54, 1.807) is 18.2 Å². The van der Waals surface area contributed by atoms with Gasteiger partial charge in [0.15, 0.2) is 0 Å². The summed E-state index contributed by atoms with van der Waals surface area (Å²) in [6, 6.07) is 14.5. The first-order valence-corrected chi connectivity index (χ1v) is 12.7. The molecule has 1 fully saturated rings. The van der Waals surface area contributed by atoms with Gasteiger partial charge >= 0.3 is 0 Å². The molecule has 0 saturated heterocycles. The molecular weight excluding hydrogens is 424 g/mol. The van der Waals surface area contributed by atoms with Gasteiger partial charge in [-0.15, -0.1) is 0 Å². The van der Waals surface area contributed by atoms with Gasteiger partial charge < -0.3 is 10.3 Å². The number of carbonyl (C=O) groups is 1. The highest BCUT2D eigenvalue weighted by Crippen LogP contribution is 2.27. The van der Waals surface area contributed by atoms with E-state index in [0.717, 1.165) is 11.1 Å². The van der Waals surface area contributed by atoms with Crippen LogP contribution in [0.15, 0.2) is 53.4 Å². The fourth-order valence-corrected chi connectivity index (χ4v) is 5.42. The molecule has 8 heteroatoms. The van der Waals surface area contributed by atoms with Gasteiger partial charge in [0.25, 0.3) is 0 Å². The highest BCUT2D eigenvalue weighted by atomic mass is 32.2. The number of hydrogen-bond acceptors (Lipinski definition) is 4. The van der Waals surface area contributed by atoms with Crippen LogP contribution in [0.5, 0.6) is 0 Å². The maximum absolute atomic E-state index is 13.0. The van der Waals surface area contributed by atoms with Crippen LogP contribution in [0, 0.1) is 11.8 Å². The van der Waals surface area contributed by atoms with E-state index in [4.69, 9.17) is 0 Å². The van der Waals surface area contributed by atoms with Crippen molar-refractivity contribution in [1.29, 1.82) is 0 Å². The highest BCUT2D eigenvalue weighted by molar-refractivity contribution is 7.89. The number of carbonyl (C=O) groups excluding carboxylic acids is 1. The van der Waals surface area contributed by atoms with E-state index in [0.29, 0.717) is 49.5 Å². The number of nitrogens with one attached hydrogen (secondary N) is 3. The quantitative estimate of drug-likeness (QED) is 0.504. The number of nitrogens with zero attached hydrogens (tertiary/aromatic N) is 1. The number of aromatic amines is 1. The SMILES string of the molecule is CC(C)CNC(=O)[C@H]1CC[C@H](NS(=O)(=O)c2ccc3[nH]c(-c4ccccc4)nc3c2)CC1. The molecule has 0 bridgehead atoms. The zero-order chi connectivity index (χ0) is 22.7. The van der Waals surface area contributed by atoms with Crippen LogP contribution in [0.2, 0.25) is 0 Å². The molecule has 1 aliphatic carbocycles. The Balaban J connectivity index is 1.41. The lowest BCUT2D eigenvalue weighted by Crippen LogP contribution is -2.41. The third-order valence-electron chi connectivity index (χ3n) is 5.92. The smallest absolute Gasteiger partial charge is 0.240 e. The fraction of sp³-hybridized carbons (Fsp3) is 0.417. The maximum Gasteiger partial charge on any atom is 0.240 e. The second kappa shape index (κ2) is 9.42. The first-order valence-electron chi connectivity index (χ1n) is 11.2. The number of amides is 1. The molecule has 2 aromatic carbocycles. The molecule has 0 aliphatic heterocycles. The van der Waals surface area contributed by atoms with Crippen molar-refractivity contribution >= 4 is 27.0 Å². The normalized spacial score (nSPS) is 19.3. The standard InChI is InChI=1S/C24H30N4O3S/c1-16(2)15-25-24(29)18-8-10-19(11-9-18)28-32(30,31)20-12-13-21-22(14-20)27-23(26-21)17-6-4-3-5-7-17/h3-7,12-14,16,18-19,28H,8-11,15H2,1-2H3,(H,25,29)(H,26,27)/t18-,19-. The van der Waals surface area contributed by atoms with Gasteiger partial charge in [-0.1, -0.05) is 44.2 Å². The molecule has 3 aromatic rings. The minimum absolute atomic E-state index is 0.0358. The van der Waals surface area contributed by atoms with Gasteiger partial charge in [-0.05, 0) is 49.8 Å². The number of hydrogen-bond donors (Lipinski definition) is 3. The van der Waals surface area contributed by atoms with Crippen molar-refractivity contribution in [2.24, 2.45) is 11.8 Å². The summed E-state index contributed by atoms with van der Waals surface area (Å²) >= 11 is 0. The number of imidazole rings is 1. The first kappa shape index (κ1) is 22.5. The Morgan fingerprint density at radius 2 is 1.81 bits per heavy atom. The second-order valence-electron chi connectivity index (χ2n) is 8.94. The van der Waals surface area contributed by atoms with E-state index in [9.17, 15) is 13.2 Å². The van der Waals surface area contributed by atoms with E-state index in [-0.39, 0.29) is 22.8 Å². The number of H-pyrrole nitrogens is 1. The highest BCUT2D eigenvalue weighted by Gasteiger charge is 2.29. The lowest BCUT2D eigenvalue weighted by molar-refractivity contribution is -0.126. The number of benzene rings is 2. The summed E-state index contributed by atoms with van der Waals surface area (Å²) in [6.07, 6.45) is 2.69. The van der Waals surface area contributed by atoms with Crippen LogP contribution in [0.1, 0.15) is 39.5 Å². The molecule has 1 aromatic heterocycles. The molecule has 1 amide bonds. The molecule has 3 N–H and O–H groups in total. The van der Waals surface area contributed by atoms with Crippen molar-refractivity contribution in [3.8, 4) is 11.4 Å². The van der Waals surface area contributed by atoms with Crippen LogP contribution in [-0.4, -0.2) is 36.9 Å². The fourth-order valence-electron chi connectivity index (χ4n) is 4.10. The molecule has 0 radical (unpaired) electrons. The van der Waals surface area contributed by atoms with Gasteiger partial charge in [0.05, 0.1) is 15.9 Å². The van der Waals surface area contributed by atoms with Crippen molar-refractivity contribution in [2.45, 2.75) is 50.5 Å². The second-order valence-corrected chi connectivity index (χ2v) is 10.7. The van der Waals surface area contributed by atoms with Gasteiger partial charge in [-0.25, -0.2) is 18.1 Å². The van der Waals surface area contributed by atoms with Gasteiger partial charge in [-0.3, -0.25) is 4.79 Å². The molecule has 0 atom stereocenters. The Bertz CT molecular complexity index is 1180. The van der Waals surface area contributed by atoms with Gasteiger partial charge in [0.1, 0.15) is 5.82 Å². The third-order valence-corrected chi connectivity index (χ3v) is 7.43. The molecule has 0 spiro atoms. The van der Waals surface area contributed by atoms with Crippen molar-refractivity contribution < 1.29 is 13.2 Å². The Labute approximate surface area is 189 Å². The predicted octanol–water partition coefficient (Wildman–Crippen LogP) is 3.84.